The van der Waals surface area contributed by atoms with Crippen molar-refractivity contribution in [1.82, 2.24) is 21.3 Å². The number of benzene rings is 1. The molecule has 0 fully saturated rings. The van der Waals surface area contributed by atoms with Gasteiger partial charge >= 0.3 is 0 Å². The molecule has 0 saturated heterocycles. The van der Waals surface area contributed by atoms with Crippen molar-refractivity contribution < 1.29 is 28.0 Å². The van der Waals surface area contributed by atoms with Gasteiger partial charge in [-0.1, -0.05) is 32.0 Å². The number of nitrogens with one attached hydrogen (secondary N) is 4. The number of hydrogen-bond donors (Lipinski definition) is 4. The van der Waals surface area contributed by atoms with Gasteiger partial charge in [-0.2, -0.15) is 0 Å². The fourth-order valence-corrected chi connectivity index (χ4v) is 3.17. The molecule has 8 nitrogen and oxygen atoms in total. The van der Waals surface area contributed by atoms with E-state index in [1.165, 1.54) is 30.6 Å². The van der Waals surface area contributed by atoms with Crippen LogP contribution in [0.15, 0.2) is 30.3 Å². The molecule has 0 unspecified atom stereocenters. The number of carbonyl (C=O) groups excluding carboxylic acids is 4. The minimum Gasteiger partial charge on any atom is -0.358 e. The zero-order chi connectivity index (χ0) is 27.3. The number of amides is 4. The summed E-state index contributed by atoms with van der Waals surface area (Å²) < 4.78 is 22.7. The number of alkyl halides is 2. The first kappa shape index (κ1) is 37.6. The first-order valence-corrected chi connectivity index (χ1v) is 14.1. The van der Waals surface area contributed by atoms with Gasteiger partial charge in [0.25, 0.3) is 5.91 Å². The molecule has 0 atom stereocenters. The van der Waals surface area contributed by atoms with Crippen LogP contribution >= 0.6 is 35.3 Å². The molecule has 202 valence electrons. The fraction of sp³-hybridized carbons (Fsp3) is 0.545. The van der Waals surface area contributed by atoms with E-state index in [4.69, 9.17) is 0 Å². The Balaban J connectivity index is -0.000000461. The Morgan fingerprint density at radius 1 is 0.743 bits per heavy atom. The lowest BCUT2D eigenvalue weighted by Gasteiger charge is -2.04. The Morgan fingerprint density at radius 3 is 1.63 bits per heavy atom. The summed E-state index contributed by atoms with van der Waals surface area (Å²) in [5.74, 6) is 1.43. The monoisotopic (exact) mass is 554 g/mol. The molecule has 4 amide bonds. The van der Waals surface area contributed by atoms with Crippen LogP contribution in [0.25, 0.3) is 0 Å². The van der Waals surface area contributed by atoms with Crippen LogP contribution in [0, 0.1) is 0 Å². The molecule has 0 aliphatic rings. The SMILES string of the molecule is CC.CNC(=O)CSCC[18F].CNC(=O)CSCNC(=O)c1ccccc1.CNC(=O)CSC[18F]. The van der Waals surface area contributed by atoms with Crippen LogP contribution in [0.1, 0.15) is 24.2 Å². The van der Waals surface area contributed by atoms with Crippen molar-refractivity contribution in [2.75, 3.05) is 62.7 Å². The van der Waals surface area contributed by atoms with Gasteiger partial charge in [0.05, 0.1) is 29.8 Å². The molecule has 0 bridgehead atoms. The molecule has 1 rings (SSSR count). The maximum atomic E-state index is 11.5. The molecule has 0 aliphatic carbocycles. The molecule has 35 heavy (non-hydrogen) atoms. The number of halogens is 2. The number of rotatable bonds is 12. The molecule has 0 radical (unpaired) electrons. The third-order valence-corrected chi connectivity index (χ3v) is 5.55. The summed E-state index contributed by atoms with van der Waals surface area (Å²) in [6.45, 7) is 3.64. The van der Waals surface area contributed by atoms with Crippen LogP contribution in [0.2, 0.25) is 0 Å². The Kier molecular flexibility index (Phi) is 32.2. The maximum Gasteiger partial charge on any atom is 0.251 e. The van der Waals surface area contributed by atoms with Crippen molar-refractivity contribution in [3.8, 4) is 0 Å². The fourth-order valence-electron chi connectivity index (χ4n) is 1.52. The van der Waals surface area contributed by atoms with Gasteiger partial charge in [-0.15, -0.1) is 35.3 Å². The van der Waals surface area contributed by atoms with E-state index >= 15 is 0 Å². The minimum absolute atomic E-state index is 0.0426. The van der Waals surface area contributed by atoms with Gasteiger partial charge in [0, 0.05) is 32.5 Å². The molecule has 0 heterocycles. The quantitative estimate of drug-likeness (QED) is 0.232. The molecular weight excluding hydrogens is 516 g/mol. The molecule has 4 N–H and O–H groups in total. The van der Waals surface area contributed by atoms with Crippen molar-refractivity contribution >= 4 is 58.9 Å². The summed E-state index contributed by atoms with van der Waals surface area (Å²) in [5.41, 5.74) is 0.628. The highest BCUT2D eigenvalue weighted by Gasteiger charge is 2.04. The highest BCUT2D eigenvalue weighted by atomic mass is 32.2. The van der Waals surface area contributed by atoms with E-state index in [0.717, 1.165) is 11.8 Å². The summed E-state index contributed by atoms with van der Waals surface area (Å²) in [5, 5.41) is 10.0. The predicted molar refractivity (Wildman–Crippen MR) is 147 cm³/mol. The highest BCUT2D eigenvalue weighted by molar-refractivity contribution is 8.00. The number of thioether (sulfide) groups is 3. The largest absolute Gasteiger partial charge is 0.358 e. The maximum absolute atomic E-state index is 11.5. The second-order valence-electron chi connectivity index (χ2n) is 5.58. The molecule has 0 saturated carbocycles. The Labute approximate surface area is 220 Å². The van der Waals surface area contributed by atoms with Gasteiger partial charge in [-0.3, -0.25) is 23.6 Å². The Hall–Kier alpha value is -1.99. The van der Waals surface area contributed by atoms with E-state index < -0.39 is 6.01 Å². The van der Waals surface area contributed by atoms with Gasteiger partial charge in [-0.05, 0) is 12.1 Å². The first-order valence-electron chi connectivity index (χ1n) is 10.7. The van der Waals surface area contributed by atoms with E-state index in [1.54, 1.807) is 26.2 Å². The average molecular weight is 555 g/mol. The lowest BCUT2D eigenvalue weighted by molar-refractivity contribution is -0.118. The lowest BCUT2D eigenvalue weighted by Crippen LogP contribution is -2.25. The van der Waals surface area contributed by atoms with Crippen LogP contribution in [-0.4, -0.2) is 86.3 Å². The molecule has 0 spiro atoms. The smallest absolute Gasteiger partial charge is 0.251 e. The second kappa shape index (κ2) is 30.0. The van der Waals surface area contributed by atoms with Crippen molar-refractivity contribution in [1.29, 1.82) is 0 Å². The third kappa shape index (κ3) is 28.1. The van der Waals surface area contributed by atoms with Crippen LogP contribution in [0.3, 0.4) is 0 Å². The van der Waals surface area contributed by atoms with E-state index in [-0.39, 0.29) is 36.1 Å². The second-order valence-corrected chi connectivity index (χ2v) is 8.59. The molecule has 1 aromatic carbocycles. The number of carbonyl (C=O) groups is 4. The molecule has 0 aliphatic heterocycles. The van der Waals surface area contributed by atoms with E-state index in [1.807, 2.05) is 32.0 Å². The standard InChI is InChI=1S/C11H14N2O2S.C5H10FNOS.C4H8FNOS.C2H6/c1-12-10(14)7-16-8-13-11(15)9-5-3-2-4-6-9;1-7-5(8)4-9-3-2-6;1-6-4(7)2-8-3-5;1-2/h2-6H,7-8H2,1H3,(H,12,14)(H,13,15);2-4H2,1H3,(H,7,8);2-3H2,1H3,(H,6,7);1-2H3/i;6-1;5-1;. The van der Waals surface area contributed by atoms with Gasteiger partial charge < -0.3 is 21.3 Å². The van der Waals surface area contributed by atoms with Crippen LogP contribution in [-0.2, 0) is 14.4 Å². The molecular formula is C22H38F2N4O4S3. The zero-order valence-electron chi connectivity index (χ0n) is 21.0. The topological polar surface area (TPSA) is 116 Å². The molecule has 13 heteroatoms. The van der Waals surface area contributed by atoms with Crippen molar-refractivity contribution in [3.63, 3.8) is 0 Å². The van der Waals surface area contributed by atoms with Crippen LogP contribution < -0.4 is 21.3 Å². The highest BCUT2D eigenvalue weighted by Crippen LogP contribution is 2.01. The van der Waals surface area contributed by atoms with E-state index in [9.17, 15) is 28.0 Å². The zero-order valence-corrected chi connectivity index (χ0v) is 23.4. The predicted octanol–water partition coefficient (Wildman–Crippen LogP) is 2.71. The molecule has 0 aromatic heterocycles. The normalized spacial score (nSPS) is 8.89. The first-order chi connectivity index (χ1) is 16.9. The van der Waals surface area contributed by atoms with Gasteiger partial charge in [0.1, 0.15) is 6.01 Å². The summed E-state index contributed by atoms with van der Waals surface area (Å²) in [4.78, 5) is 43.1. The summed E-state index contributed by atoms with van der Waals surface area (Å²) >= 11 is 3.63. The summed E-state index contributed by atoms with van der Waals surface area (Å²) in [6.07, 6.45) is 0. The lowest BCUT2D eigenvalue weighted by atomic mass is 10.2. The number of hydrogen-bond acceptors (Lipinski definition) is 7. The summed E-state index contributed by atoms with van der Waals surface area (Å²) in [7, 11) is 4.69. The minimum atomic E-state index is -0.493. The van der Waals surface area contributed by atoms with Gasteiger partial charge in [0.15, 0.2) is 0 Å². The van der Waals surface area contributed by atoms with Crippen molar-refractivity contribution in [3.05, 3.63) is 35.9 Å². The Bertz CT molecular complexity index is 675. The van der Waals surface area contributed by atoms with Crippen molar-refractivity contribution in [2.24, 2.45) is 0 Å². The van der Waals surface area contributed by atoms with Gasteiger partial charge in [-0.25, -0.2) is 4.39 Å². The van der Waals surface area contributed by atoms with Gasteiger partial charge in [0.2, 0.25) is 17.7 Å². The van der Waals surface area contributed by atoms with E-state index in [2.05, 4.69) is 21.3 Å². The van der Waals surface area contributed by atoms with Crippen LogP contribution in [0.4, 0.5) is 8.78 Å². The third-order valence-electron chi connectivity index (χ3n) is 3.21. The molecule has 1 aromatic rings. The average Bonchev–Trinajstić information content (AvgIpc) is 2.91. The van der Waals surface area contributed by atoms with Crippen molar-refractivity contribution in [2.45, 2.75) is 13.8 Å². The van der Waals surface area contributed by atoms with Crippen LogP contribution in [0.5, 0.6) is 0 Å². The Morgan fingerprint density at radius 2 is 1.20 bits per heavy atom. The summed E-state index contributed by atoms with van der Waals surface area (Å²) in [6, 6.07) is 8.49. The van der Waals surface area contributed by atoms with E-state index in [0.29, 0.717) is 28.7 Å².